The summed E-state index contributed by atoms with van der Waals surface area (Å²) in [6.07, 6.45) is 4.16. The van der Waals surface area contributed by atoms with Gasteiger partial charge in [-0.25, -0.2) is 0 Å². The zero-order valence-electron chi connectivity index (χ0n) is 12.9. The molecule has 0 aromatic heterocycles. The van der Waals surface area contributed by atoms with Crippen LogP contribution < -0.4 is 4.90 Å². The predicted octanol–water partition coefficient (Wildman–Crippen LogP) is 4.54. The van der Waals surface area contributed by atoms with Gasteiger partial charge in [-0.05, 0) is 30.9 Å². The van der Waals surface area contributed by atoms with Crippen LogP contribution in [-0.2, 0) is 4.79 Å². The molecule has 1 aliphatic heterocycles. The van der Waals surface area contributed by atoms with Gasteiger partial charge >= 0.3 is 0 Å². The monoisotopic (exact) mass is 263 g/mol. The Morgan fingerprint density at radius 1 is 1.16 bits per heavy atom. The summed E-state index contributed by atoms with van der Waals surface area (Å²) in [6.45, 7) is 10.2. The van der Waals surface area contributed by atoms with Crippen molar-refractivity contribution in [3.8, 4) is 0 Å². The van der Waals surface area contributed by atoms with E-state index in [1.54, 1.807) is 0 Å². The number of nitrogens with zero attached hydrogens (tertiary/aromatic N) is 1. The molecule has 2 nitrogen and oxygen atoms in total. The van der Waals surface area contributed by atoms with E-state index < -0.39 is 0 Å². The van der Waals surface area contributed by atoms with Gasteiger partial charge in [-0.3, -0.25) is 0 Å². The summed E-state index contributed by atoms with van der Waals surface area (Å²) in [6, 6.07) is 10.5. The van der Waals surface area contributed by atoms with Crippen molar-refractivity contribution in [2.75, 3.05) is 18.0 Å². The summed E-state index contributed by atoms with van der Waals surface area (Å²) in [7, 11) is 0. The maximum Gasteiger partial charge on any atom is 0.120 e. The fourth-order valence-electron chi connectivity index (χ4n) is 2.27. The molecule has 1 aromatic carbocycles. The van der Waals surface area contributed by atoms with E-state index in [2.05, 4.69) is 29.2 Å². The quantitative estimate of drug-likeness (QED) is 0.746. The minimum absolute atomic E-state index is 0.552. The van der Waals surface area contributed by atoms with Gasteiger partial charge in [0.15, 0.2) is 0 Å². The molecule has 0 aliphatic carbocycles. The first-order valence-electron chi connectivity index (χ1n) is 7.64. The molecule has 1 aromatic rings. The van der Waals surface area contributed by atoms with Gasteiger partial charge in [0.05, 0.1) is 0 Å². The Kier molecular flexibility index (Phi) is 11.0. The highest BCUT2D eigenvalue weighted by atomic mass is 16.1. The molecule has 1 unspecified atom stereocenters. The second kappa shape index (κ2) is 11.8. The summed E-state index contributed by atoms with van der Waals surface area (Å²) in [5, 5.41) is 0. The fourth-order valence-corrected chi connectivity index (χ4v) is 2.27. The summed E-state index contributed by atoms with van der Waals surface area (Å²) in [5.74, 6) is 0.552. The Bertz CT molecular complexity index is 310. The van der Waals surface area contributed by atoms with Crippen molar-refractivity contribution >= 4 is 12.0 Å². The van der Waals surface area contributed by atoms with Crippen LogP contribution in [-0.4, -0.2) is 19.4 Å². The maximum atomic E-state index is 10.5. The zero-order valence-corrected chi connectivity index (χ0v) is 12.9. The highest BCUT2D eigenvalue weighted by Crippen LogP contribution is 2.23. The van der Waals surface area contributed by atoms with E-state index in [0.717, 1.165) is 19.4 Å². The molecular formula is C17H29NO. The molecule has 2 heteroatoms. The van der Waals surface area contributed by atoms with Crippen molar-refractivity contribution in [2.45, 2.75) is 47.0 Å². The third-order valence-electron chi connectivity index (χ3n) is 3.07. The third kappa shape index (κ3) is 6.42. The molecule has 19 heavy (non-hydrogen) atoms. The van der Waals surface area contributed by atoms with Crippen molar-refractivity contribution in [2.24, 2.45) is 5.92 Å². The molecule has 108 valence electrons. The average molecular weight is 263 g/mol. The van der Waals surface area contributed by atoms with Crippen molar-refractivity contribution in [3.05, 3.63) is 30.3 Å². The molecule has 0 spiro atoms. The molecular weight excluding hydrogens is 234 g/mol. The summed E-state index contributed by atoms with van der Waals surface area (Å²) < 4.78 is 0. The number of hydrogen-bond donors (Lipinski definition) is 0. The van der Waals surface area contributed by atoms with Crippen LogP contribution in [0, 0.1) is 5.92 Å². The van der Waals surface area contributed by atoms with Crippen molar-refractivity contribution in [1.82, 2.24) is 0 Å². The molecule has 0 radical (unpaired) electrons. The lowest BCUT2D eigenvalue weighted by molar-refractivity contribution is -0.108. The fraction of sp³-hybridized carbons (Fsp3) is 0.588. The molecule has 0 saturated carbocycles. The Morgan fingerprint density at radius 2 is 1.79 bits per heavy atom. The highest BCUT2D eigenvalue weighted by Gasteiger charge is 2.19. The van der Waals surface area contributed by atoms with Crippen LogP contribution >= 0.6 is 0 Å². The van der Waals surface area contributed by atoms with Crippen LogP contribution in [0.15, 0.2) is 30.3 Å². The molecule has 1 fully saturated rings. The summed E-state index contributed by atoms with van der Waals surface area (Å²) in [4.78, 5) is 12.9. The number of anilines is 1. The number of hydrogen-bond acceptors (Lipinski definition) is 2. The number of carbonyl (C=O) groups excluding carboxylic acids is 1. The van der Waals surface area contributed by atoms with Crippen LogP contribution in [0.5, 0.6) is 0 Å². The molecule has 1 saturated heterocycles. The topological polar surface area (TPSA) is 20.3 Å². The van der Waals surface area contributed by atoms with Crippen LogP contribution in [0.2, 0.25) is 0 Å². The average Bonchev–Trinajstić information content (AvgIpc) is 2.53. The second-order valence-corrected chi connectivity index (χ2v) is 4.19. The van der Waals surface area contributed by atoms with Crippen LogP contribution in [0.3, 0.4) is 0 Å². The molecule has 1 atom stereocenters. The van der Waals surface area contributed by atoms with E-state index in [4.69, 9.17) is 0 Å². The van der Waals surface area contributed by atoms with Crippen LogP contribution in [0.1, 0.15) is 47.0 Å². The van der Waals surface area contributed by atoms with Crippen LogP contribution in [0.25, 0.3) is 0 Å². The first-order chi connectivity index (χ1) is 9.40. The minimum atomic E-state index is 0.552. The number of piperidine rings is 1. The largest absolute Gasteiger partial charge is 0.371 e. The normalized spacial score (nSPS) is 17.5. The third-order valence-corrected chi connectivity index (χ3v) is 3.07. The van der Waals surface area contributed by atoms with Crippen molar-refractivity contribution in [1.29, 1.82) is 0 Å². The lowest BCUT2D eigenvalue weighted by Gasteiger charge is -2.33. The summed E-state index contributed by atoms with van der Waals surface area (Å²) in [5.41, 5.74) is 1.29. The van der Waals surface area contributed by atoms with Crippen molar-refractivity contribution in [3.63, 3.8) is 0 Å². The van der Waals surface area contributed by atoms with Crippen molar-refractivity contribution < 1.29 is 4.79 Å². The molecule has 1 heterocycles. The minimum Gasteiger partial charge on any atom is -0.371 e. The Balaban J connectivity index is 0.000000741. The lowest BCUT2D eigenvalue weighted by Crippen LogP contribution is -2.35. The number of para-hydroxylation sites is 1. The SMILES string of the molecule is CC.CC.O=CCC1CCCN(c2ccccc2)C1. The standard InChI is InChI=1S/C13H17NO.2C2H6/c15-10-8-12-5-4-9-14(11-12)13-6-2-1-3-7-13;2*1-2/h1-3,6-7,10,12H,4-5,8-9,11H2;2*1-2H3. The number of benzene rings is 1. The van der Waals surface area contributed by atoms with Gasteiger partial charge in [-0.1, -0.05) is 45.9 Å². The van der Waals surface area contributed by atoms with Crippen LogP contribution in [0.4, 0.5) is 5.69 Å². The Hall–Kier alpha value is -1.31. The lowest BCUT2D eigenvalue weighted by atomic mass is 9.95. The maximum absolute atomic E-state index is 10.5. The van der Waals surface area contributed by atoms with E-state index in [9.17, 15) is 4.79 Å². The predicted molar refractivity (Wildman–Crippen MR) is 84.8 cm³/mol. The van der Waals surface area contributed by atoms with E-state index in [-0.39, 0.29) is 0 Å². The molecule has 0 amide bonds. The van der Waals surface area contributed by atoms with Gasteiger partial charge in [0, 0.05) is 25.2 Å². The van der Waals surface area contributed by atoms with E-state index in [0.29, 0.717) is 12.3 Å². The first kappa shape index (κ1) is 17.7. The Labute approximate surface area is 118 Å². The Morgan fingerprint density at radius 3 is 2.37 bits per heavy atom. The van der Waals surface area contributed by atoms with Gasteiger partial charge in [-0.15, -0.1) is 0 Å². The van der Waals surface area contributed by atoms with E-state index >= 15 is 0 Å². The van der Waals surface area contributed by atoms with Gasteiger partial charge < -0.3 is 9.69 Å². The highest BCUT2D eigenvalue weighted by molar-refractivity contribution is 5.51. The van der Waals surface area contributed by atoms with Gasteiger partial charge in [0.1, 0.15) is 6.29 Å². The second-order valence-electron chi connectivity index (χ2n) is 4.19. The van der Waals surface area contributed by atoms with Gasteiger partial charge in [0.25, 0.3) is 0 Å². The summed E-state index contributed by atoms with van der Waals surface area (Å²) >= 11 is 0. The number of carbonyl (C=O) groups is 1. The smallest absolute Gasteiger partial charge is 0.120 e. The number of aldehydes is 1. The molecule has 0 bridgehead atoms. The molecule has 0 N–H and O–H groups in total. The zero-order chi connectivity index (χ0) is 14.5. The number of rotatable bonds is 3. The van der Waals surface area contributed by atoms with E-state index in [1.807, 2.05) is 33.8 Å². The molecule has 2 rings (SSSR count). The van der Waals surface area contributed by atoms with Gasteiger partial charge in [0.2, 0.25) is 0 Å². The molecule has 1 aliphatic rings. The van der Waals surface area contributed by atoms with Gasteiger partial charge in [-0.2, -0.15) is 0 Å². The first-order valence-corrected chi connectivity index (χ1v) is 7.64. The van der Waals surface area contributed by atoms with E-state index in [1.165, 1.54) is 18.5 Å².